The Morgan fingerprint density at radius 3 is 2.94 bits per heavy atom. The van der Waals surface area contributed by atoms with Crippen molar-refractivity contribution in [3.8, 4) is 0 Å². The van der Waals surface area contributed by atoms with Gasteiger partial charge < -0.3 is 9.47 Å². The third kappa shape index (κ3) is 1.94. The van der Waals surface area contributed by atoms with Crippen LogP contribution in [0, 0.1) is 0 Å². The topological polar surface area (TPSA) is 38.8 Å². The van der Waals surface area contributed by atoms with Gasteiger partial charge in [-0.25, -0.2) is 0 Å². The van der Waals surface area contributed by atoms with Gasteiger partial charge in [0.25, 0.3) is 0 Å². The molecule has 0 aromatic heterocycles. The molecule has 0 aromatic carbocycles. The molecular weight excluding hydrogens is 206 g/mol. The lowest BCUT2D eigenvalue weighted by Gasteiger charge is -2.37. The number of carbonyl (C=O) groups is 1. The highest BCUT2D eigenvalue weighted by atomic mass is 16.5. The molecule has 0 radical (unpaired) electrons. The molecule has 4 heteroatoms. The Kier molecular flexibility index (Phi) is 3.49. The summed E-state index contributed by atoms with van der Waals surface area (Å²) in [5.74, 6) is -0.0941. The minimum atomic E-state index is -0.0941. The van der Waals surface area contributed by atoms with Gasteiger partial charge >= 0.3 is 5.97 Å². The van der Waals surface area contributed by atoms with Gasteiger partial charge in [-0.3, -0.25) is 9.69 Å². The zero-order valence-corrected chi connectivity index (χ0v) is 9.94. The molecule has 16 heavy (non-hydrogen) atoms. The molecule has 2 atom stereocenters. The summed E-state index contributed by atoms with van der Waals surface area (Å²) in [5.41, 5.74) is 1.32. The van der Waals surface area contributed by atoms with Crippen molar-refractivity contribution in [3.63, 3.8) is 0 Å². The number of methoxy groups -OCH3 is 2. The molecule has 0 aliphatic carbocycles. The summed E-state index contributed by atoms with van der Waals surface area (Å²) >= 11 is 0. The fourth-order valence-corrected chi connectivity index (χ4v) is 2.87. The lowest BCUT2D eigenvalue weighted by molar-refractivity contribution is -0.148. The van der Waals surface area contributed by atoms with Gasteiger partial charge in [-0.15, -0.1) is 0 Å². The van der Waals surface area contributed by atoms with E-state index in [0.717, 1.165) is 32.2 Å². The Bertz CT molecular complexity index is 301. The largest absolute Gasteiger partial charge is 0.504 e. The monoisotopic (exact) mass is 225 g/mol. The Morgan fingerprint density at radius 1 is 1.44 bits per heavy atom. The lowest BCUT2D eigenvalue weighted by Crippen LogP contribution is -2.48. The highest BCUT2D eigenvalue weighted by Gasteiger charge is 2.40. The minimum absolute atomic E-state index is 0.0495. The number of hydrogen-bond acceptors (Lipinski definition) is 4. The molecule has 0 bridgehead atoms. The Balaban J connectivity index is 2.14. The smallest absolute Gasteiger partial charge is 0.323 e. The van der Waals surface area contributed by atoms with E-state index in [2.05, 4.69) is 4.90 Å². The summed E-state index contributed by atoms with van der Waals surface area (Å²) in [4.78, 5) is 13.9. The van der Waals surface area contributed by atoms with Gasteiger partial charge in [0.05, 0.1) is 20.5 Å². The highest BCUT2D eigenvalue weighted by Crippen LogP contribution is 2.35. The standard InChI is InChI=1S/C12H19NO3/c1-15-8-9-5-6-11(12(14)16-2)13-7-3-4-10(9)13/h8,10-11H,3-7H2,1-2H3/b9-8+/t10-,11-/m0/s1. The van der Waals surface area contributed by atoms with Crippen molar-refractivity contribution in [2.45, 2.75) is 37.8 Å². The van der Waals surface area contributed by atoms with Gasteiger partial charge in [-0.05, 0) is 37.8 Å². The normalized spacial score (nSPS) is 32.5. The van der Waals surface area contributed by atoms with Crippen molar-refractivity contribution in [2.75, 3.05) is 20.8 Å². The number of piperidine rings is 1. The van der Waals surface area contributed by atoms with E-state index in [1.807, 2.05) is 6.26 Å². The fourth-order valence-electron chi connectivity index (χ4n) is 2.87. The van der Waals surface area contributed by atoms with Gasteiger partial charge in [-0.2, -0.15) is 0 Å². The van der Waals surface area contributed by atoms with Crippen LogP contribution in [-0.2, 0) is 14.3 Å². The van der Waals surface area contributed by atoms with Crippen LogP contribution in [0.1, 0.15) is 25.7 Å². The molecule has 4 nitrogen and oxygen atoms in total. The maximum atomic E-state index is 11.7. The summed E-state index contributed by atoms with van der Waals surface area (Å²) in [6.45, 7) is 0.992. The predicted molar refractivity (Wildman–Crippen MR) is 59.9 cm³/mol. The van der Waals surface area contributed by atoms with Crippen LogP contribution in [0.4, 0.5) is 0 Å². The second-order valence-corrected chi connectivity index (χ2v) is 4.40. The fraction of sp³-hybridized carbons (Fsp3) is 0.750. The van der Waals surface area contributed by atoms with Crippen molar-refractivity contribution in [1.82, 2.24) is 4.90 Å². The number of carbonyl (C=O) groups excluding carboxylic acids is 1. The van der Waals surface area contributed by atoms with E-state index in [4.69, 9.17) is 9.47 Å². The molecular formula is C12H19NO3. The number of rotatable bonds is 2. The summed E-state index contributed by atoms with van der Waals surface area (Å²) < 4.78 is 9.97. The average molecular weight is 225 g/mol. The SMILES string of the molecule is CO/C=C1\CC[C@@H](C(=O)OC)N2CCC[C@@H]12. The number of ether oxygens (including phenoxy) is 2. The molecule has 90 valence electrons. The van der Waals surface area contributed by atoms with Gasteiger partial charge in [0.15, 0.2) is 0 Å². The van der Waals surface area contributed by atoms with E-state index in [9.17, 15) is 4.79 Å². The predicted octanol–water partition coefficient (Wildman–Crippen LogP) is 1.32. The van der Waals surface area contributed by atoms with Crippen molar-refractivity contribution in [1.29, 1.82) is 0 Å². The van der Waals surface area contributed by atoms with Gasteiger partial charge in [-0.1, -0.05) is 0 Å². The number of fused-ring (bicyclic) bond motifs is 1. The Hall–Kier alpha value is -1.03. The lowest BCUT2D eigenvalue weighted by atomic mass is 9.92. The van der Waals surface area contributed by atoms with Crippen molar-refractivity contribution in [2.24, 2.45) is 0 Å². The van der Waals surface area contributed by atoms with Crippen LogP contribution in [0.25, 0.3) is 0 Å². The van der Waals surface area contributed by atoms with Crippen molar-refractivity contribution < 1.29 is 14.3 Å². The van der Waals surface area contributed by atoms with Crippen molar-refractivity contribution >= 4 is 5.97 Å². The minimum Gasteiger partial charge on any atom is -0.504 e. The number of hydrogen-bond donors (Lipinski definition) is 0. The molecule has 2 fully saturated rings. The van der Waals surface area contributed by atoms with Crippen LogP contribution in [-0.4, -0.2) is 43.7 Å². The zero-order valence-electron chi connectivity index (χ0n) is 9.94. The maximum absolute atomic E-state index is 11.7. The molecule has 0 aromatic rings. The Labute approximate surface area is 96.2 Å². The molecule has 2 saturated heterocycles. The molecule has 0 unspecified atom stereocenters. The molecule has 0 amide bonds. The molecule has 2 aliphatic rings. The van der Waals surface area contributed by atoms with Gasteiger partial charge in [0.2, 0.25) is 0 Å². The van der Waals surface area contributed by atoms with E-state index in [1.165, 1.54) is 12.7 Å². The van der Waals surface area contributed by atoms with Crippen LogP contribution < -0.4 is 0 Å². The molecule has 2 heterocycles. The van der Waals surface area contributed by atoms with Gasteiger partial charge in [0, 0.05) is 6.04 Å². The van der Waals surface area contributed by atoms with E-state index in [-0.39, 0.29) is 12.0 Å². The Morgan fingerprint density at radius 2 is 2.25 bits per heavy atom. The molecule has 0 N–H and O–H groups in total. The average Bonchev–Trinajstić information content (AvgIpc) is 2.78. The first kappa shape index (κ1) is 11.5. The van der Waals surface area contributed by atoms with Crippen LogP contribution >= 0.6 is 0 Å². The van der Waals surface area contributed by atoms with Crippen LogP contribution in [0.2, 0.25) is 0 Å². The second kappa shape index (κ2) is 4.87. The zero-order chi connectivity index (χ0) is 11.5. The third-order valence-electron chi connectivity index (χ3n) is 3.57. The first-order chi connectivity index (χ1) is 7.77. The first-order valence-corrected chi connectivity index (χ1v) is 5.83. The summed E-state index contributed by atoms with van der Waals surface area (Å²) in [6, 6.07) is 0.337. The molecule has 0 saturated carbocycles. The van der Waals surface area contributed by atoms with Crippen LogP contribution in [0.5, 0.6) is 0 Å². The number of esters is 1. The van der Waals surface area contributed by atoms with Gasteiger partial charge in [0.1, 0.15) is 6.04 Å². The van der Waals surface area contributed by atoms with E-state index in [1.54, 1.807) is 7.11 Å². The molecule has 2 rings (SSSR count). The summed E-state index contributed by atoms with van der Waals surface area (Å²) in [7, 11) is 3.15. The number of nitrogens with zero attached hydrogens (tertiary/aromatic N) is 1. The van der Waals surface area contributed by atoms with E-state index >= 15 is 0 Å². The highest BCUT2D eigenvalue weighted by molar-refractivity contribution is 5.76. The third-order valence-corrected chi connectivity index (χ3v) is 3.57. The molecule has 2 aliphatic heterocycles. The van der Waals surface area contributed by atoms with E-state index in [0.29, 0.717) is 6.04 Å². The van der Waals surface area contributed by atoms with E-state index < -0.39 is 0 Å². The first-order valence-electron chi connectivity index (χ1n) is 5.83. The summed E-state index contributed by atoms with van der Waals surface area (Å²) in [6.07, 6.45) is 5.91. The van der Waals surface area contributed by atoms with Crippen molar-refractivity contribution in [3.05, 3.63) is 11.8 Å². The summed E-state index contributed by atoms with van der Waals surface area (Å²) in [5, 5.41) is 0. The second-order valence-electron chi connectivity index (χ2n) is 4.40. The van der Waals surface area contributed by atoms with Crippen LogP contribution in [0.15, 0.2) is 11.8 Å². The maximum Gasteiger partial charge on any atom is 0.323 e. The van der Waals surface area contributed by atoms with Crippen LogP contribution in [0.3, 0.4) is 0 Å². The quantitative estimate of drug-likeness (QED) is 0.525. The molecule has 0 spiro atoms.